The molecule has 5 nitrogen and oxygen atoms in total. The molecule has 0 saturated heterocycles. The maximum Gasteiger partial charge on any atom is 0.330 e. The Labute approximate surface area is 92.4 Å². The van der Waals surface area contributed by atoms with Crippen molar-refractivity contribution in [1.82, 2.24) is 9.55 Å². The van der Waals surface area contributed by atoms with Gasteiger partial charge in [0.05, 0.1) is 6.10 Å². The summed E-state index contributed by atoms with van der Waals surface area (Å²) in [5.74, 6) is 0. The van der Waals surface area contributed by atoms with E-state index in [-0.39, 0.29) is 11.7 Å². The number of H-pyrrole nitrogens is 1. The van der Waals surface area contributed by atoms with Crippen LogP contribution in [-0.2, 0) is 4.74 Å². The number of nitrogens with zero attached hydrogens (tertiary/aromatic N) is 1. The van der Waals surface area contributed by atoms with Crippen LogP contribution in [0.25, 0.3) is 0 Å². The van der Waals surface area contributed by atoms with E-state index in [1.54, 1.807) is 6.92 Å². The largest absolute Gasteiger partial charge is 0.347 e. The fourth-order valence-electron chi connectivity index (χ4n) is 1.65. The number of aromatic amines is 1. The predicted molar refractivity (Wildman–Crippen MR) is 59.4 cm³/mol. The molecule has 0 bridgehead atoms. The van der Waals surface area contributed by atoms with Crippen LogP contribution in [-0.4, -0.2) is 15.7 Å². The van der Waals surface area contributed by atoms with Gasteiger partial charge in [0.15, 0.2) is 6.23 Å². The first-order chi connectivity index (χ1) is 7.61. The molecule has 0 amide bonds. The number of aromatic nitrogens is 2. The SMILES string of the molecule is CC[C@@H]1C=C[C@H](n2cc(C)c(=O)[nH]c2=O)O1. The summed E-state index contributed by atoms with van der Waals surface area (Å²) < 4.78 is 6.99. The minimum atomic E-state index is -0.443. The third kappa shape index (κ3) is 1.86. The first kappa shape index (κ1) is 10.9. The van der Waals surface area contributed by atoms with Crippen LogP contribution in [0.3, 0.4) is 0 Å². The van der Waals surface area contributed by atoms with Crippen LogP contribution in [0.2, 0.25) is 0 Å². The average Bonchev–Trinajstić information content (AvgIpc) is 2.71. The Kier molecular flexibility index (Phi) is 2.78. The van der Waals surface area contributed by atoms with E-state index in [1.807, 2.05) is 19.1 Å². The lowest BCUT2D eigenvalue weighted by molar-refractivity contribution is 0.0139. The third-order valence-corrected chi connectivity index (χ3v) is 2.63. The van der Waals surface area contributed by atoms with E-state index in [4.69, 9.17) is 4.74 Å². The van der Waals surface area contributed by atoms with Gasteiger partial charge in [-0.25, -0.2) is 4.79 Å². The molecule has 1 N–H and O–H groups in total. The maximum absolute atomic E-state index is 11.6. The molecule has 0 aromatic carbocycles. The molecule has 86 valence electrons. The monoisotopic (exact) mass is 222 g/mol. The third-order valence-electron chi connectivity index (χ3n) is 2.63. The molecule has 1 aromatic heterocycles. The van der Waals surface area contributed by atoms with Crippen molar-refractivity contribution in [3.8, 4) is 0 Å². The molecular formula is C11H14N2O3. The number of aryl methyl sites for hydroxylation is 1. The molecule has 0 radical (unpaired) electrons. The highest BCUT2D eigenvalue weighted by molar-refractivity contribution is 5.06. The second kappa shape index (κ2) is 4.09. The molecule has 0 fully saturated rings. The summed E-state index contributed by atoms with van der Waals surface area (Å²) in [6.45, 7) is 3.67. The van der Waals surface area contributed by atoms with Gasteiger partial charge in [-0.3, -0.25) is 14.3 Å². The molecule has 0 saturated carbocycles. The van der Waals surface area contributed by atoms with Crippen molar-refractivity contribution in [1.29, 1.82) is 0 Å². The zero-order valence-electron chi connectivity index (χ0n) is 9.27. The lowest BCUT2D eigenvalue weighted by atomic mass is 10.3. The summed E-state index contributed by atoms with van der Waals surface area (Å²) >= 11 is 0. The van der Waals surface area contributed by atoms with Gasteiger partial charge in [0, 0.05) is 11.8 Å². The highest BCUT2D eigenvalue weighted by Gasteiger charge is 2.20. The molecule has 1 aliphatic rings. The molecule has 2 rings (SSSR count). The first-order valence-electron chi connectivity index (χ1n) is 5.27. The first-order valence-corrected chi connectivity index (χ1v) is 5.27. The lowest BCUT2D eigenvalue weighted by Crippen LogP contribution is -2.33. The summed E-state index contributed by atoms with van der Waals surface area (Å²) in [7, 11) is 0. The van der Waals surface area contributed by atoms with Gasteiger partial charge in [-0.05, 0) is 19.4 Å². The van der Waals surface area contributed by atoms with Gasteiger partial charge in [-0.15, -0.1) is 0 Å². The molecule has 0 unspecified atom stereocenters. The van der Waals surface area contributed by atoms with E-state index in [0.29, 0.717) is 5.56 Å². The topological polar surface area (TPSA) is 64.1 Å². The van der Waals surface area contributed by atoms with Crippen LogP contribution in [0, 0.1) is 6.92 Å². The maximum atomic E-state index is 11.6. The Hall–Kier alpha value is -1.62. The van der Waals surface area contributed by atoms with Gasteiger partial charge in [0.1, 0.15) is 0 Å². The standard InChI is InChI=1S/C11H14N2O3/c1-3-8-4-5-9(16-8)13-6-7(2)10(14)12-11(13)15/h4-6,8-9H,3H2,1-2H3,(H,12,14,15)/t8-,9-/m1/s1. The molecule has 1 aliphatic heterocycles. The van der Waals surface area contributed by atoms with Crippen LogP contribution in [0.4, 0.5) is 0 Å². The van der Waals surface area contributed by atoms with Gasteiger partial charge in [0.25, 0.3) is 5.56 Å². The van der Waals surface area contributed by atoms with Crippen molar-refractivity contribution >= 4 is 0 Å². The van der Waals surface area contributed by atoms with E-state index in [1.165, 1.54) is 10.8 Å². The van der Waals surface area contributed by atoms with Gasteiger partial charge >= 0.3 is 5.69 Å². The Morgan fingerprint density at radius 2 is 2.19 bits per heavy atom. The van der Waals surface area contributed by atoms with Crippen molar-refractivity contribution in [3.05, 3.63) is 44.8 Å². The highest BCUT2D eigenvalue weighted by atomic mass is 16.5. The Morgan fingerprint density at radius 3 is 2.81 bits per heavy atom. The minimum absolute atomic E-state index is 0.0455. The molecule has 0 spiro atoms. The predicted octanol–water partition coefficient (Wildman–Crippen LogP) is 0.709. The Morgan fingerprint density at radius 1 is 1.44 bits per heavy atom. The molecule has 0 aliphatic carbocycles. The molecule has 5 heteroatoms. The summed E-state index contributed by atoms with van der Waals surface area (Å²) in [6, 6.07) is 0. The van der Waals surface area contributed by atoms with E-state index in [9.17, 15) is 9.59 Å². The van der Waals surface area contributed by atoms with E-state index in [0.717, 1.165) is 6.42 Å². The fourth-order valence-corrected chi connectivity index (χ4v) is 1.65. The lowest BCUT2D eigenvalue weighted by Gasteiger charge is -2.15. The Balaban J connectivity index is 2.36. The summed E-state index contributed by atoms with van der Waals surface area (Å²) in [4.78, 5) is 25.0. The minimum Gasteiger partial charge on any atom is -0.347 e. The summed E-state index contributed by atoms with van der Waals surface area (Å²) in [5, 5.41) is 0. The Bertz CT molecular complexity index is 527. The van der Waals surface area contributed by atoms with E-state index in [2.05, 4.69) is 4.98 Å². The quantitative estimate of drug-likeness (QED) is 0.749. The zero-order chi connectivity index (χ0) is 11.7. The number of rotatable bonds is 2. The van der Waals surface area contributed by atoms with Crippen molar-refractivity contribution < 1.29 is 4.74 Å². The molecule has 16 heavy (non-hydrogen) atoms. The van der Waals surface area contributed by atoms with Gasteiger partial charge < -0.3 is 4.74 Å². The van der Waals surface area contributed by atoms with Crippen molar-refractivity contribution in [2.75, 3.05) is 0 Å². The second-order valence-corrected chi connectivity index (χ2v) is 3.84. The van der Waals surface area contributed by atoms with Crippen LogP contribution in [0.1, 0.15) is 25.1 Å². The molecule has 2 atom stereocenters. The summed E-state index contributed by atoms with van der Waals surface area (Å²) in [5.41, 5.74) is -0.297. The smallest absolute Gasteiger partial charge is 0.330 e. The normalized spacial score (nSPS) is 23.9. The van der Waals surface area contributed by atoms with E-state index < -0.39 is 11.9 Å². The van der Waals surface area contributed by atoms with Gasteiger partial charge in [-0.2, -0.15) is 0 Å². The number of hydrogen-bond acceptors (Lipinski definition) is 3. The molecular weight excluding hydrogens is 208 g/mol. The molecule has 1 aromatic rings. The zero-order valence-corrected chi connectivity index (χ0v) is 9.27. The number of nitrogens with one attached hydrogen (secondary N) is 1. The van der Waals surface area contributed by atoms with Crippen molar-refractivity contribution in [3.63, 3.8) is 0 Å². The van der Waals surface area contributed by atoms with Crippen LogP contribution in [0.15, 0.2) is 27.9 Å². The van der Waals surface area contributed by atoms with E-state index >= 15 is 0 Å². The summed E-state index contributed by atoms with van der Waals surface area (Å²) in [6.07, 6.45) is 5.78. The number of ether oxygens (including phenoxy) is 1. The van der Waals surface area contributed by atoms with Crippen LogP contribution in [0.5, 0.6) is 0 Å². The highest BCUT2D eigenvalue weighted by Crippen LogP contribution is 2.20. The average molecular weight is 222 g/mol. The second-order valence-electron chi connectivity index (χ2n) is 3.84. The number of hydrogen-bond donors (Lipinski definition) is 1. The van der Waals surface area contributed by atoms with Crippen molar-refractivity contribution in [2.45, 2.75) is 32.6 Å². The molecule has 2 heterocycles. The van der Waals surface area contributed by atoms with Crippen LogP contribution >= 0.6 is 0 Å². The van der Waals surface area contributed by atoms with Crippen molar-refractivity contribution in [2.24, 2.45) is 0 Å². The van der Waals surface area contributed by atoms with Gasteiger partial charge in [-0.1, -0.05) is 13.0 Å². The van der Waals surface area contributed by atoms with Crippen LogP contribution < -0.4 is 11.2 Å². The van der Waals surface area contributed by atoms with Gasteiger partial charge in [0.2, 0.25) is 0 Å². The fraction of sp³-hybridized carbons (Fsp3) is 0.455.